The number of carbonyl (C=O) groups is 2. The van der Waals surface area contributed by atoms with Gasteiger partial charge >= 0.3 is 5.97 Å². The zero-order valence-electron chi connectivity index (χ0n) is 19.2. The predicted molar refractivity (Wildman–Crippen MR) is 123 cm³/mol. The maximum Gasteiger partial charge on any atom is 0.347 e. The molecule has 0 bridgehead atoms. The van der Waals surface area contributed by atoms with Crippen molar-refractivity contribution < 1.29 is 23.9 Å². The molecule has 33 heavy (non-hydrogen) atoms. The normalized spacial score (nSPS) is 25.2. The molecular weight excluding hydrogens is 420 g/mol. The van der Waals surface area contributed by atoms with Crippen LogP contribution in [0.15, 0.2) is 48.7 Å². The first-order chi connectivity index (χ1) is 15.9. The first-order valence-corrected chi connectivity index (χ1v) is 11.8. The number of nitrogens with one attached hydrogen (secondary N) is 1. The summed E-state index contributed by atoms with van der Waals surface area (Å²) in [5.41, 5.74) is -1.11. The summed E-state index contributed by atoms with van der Waals surface area (Å²) in [5, 5.41) is 22.2. The van der Waals surface area contributed by atoms with Crippen molar-refractivity contribution in [2.45, 2.75) is 56.8 Å². The Balaban J connectivity index is 1.50. The monoisotopic (exact) mass is 453 g/mol. The second-order valence-corrected chi connectivity index (χ2v) is 9.49. The molecule has 1 saturated carbocycles. The van der Waals surface area contributed by atoms with Crippen molar-refractivity contribution in [1.29, 1.82) is 0 Å². The van der Waals surface area contributed by atoms with Gasteiger partial charge in [0.1, 0.15) is 0 Å². The Bertz CT molecular complexity index is 951. The van der Waals surface area contributed by atoms with Crippen LogP contribution < -0.4 is 5.32 Å². The highest BCUT2D eigenvalue weighted by molar-refractivity contribution is 5.90. The van der Waals surface area contributed by atoms with Gasteiger partial charge in [-0.3, -0.25) is 9.28 Å². The number of esters is 1. The van der Waals surface area contributed by atoms with Gasteiger partial charge in [0.15, 0.2) is 18.0 Å². The summed E-state index contributed by atoms with van der Waals surface area (Å²) in [6.45, 7) is 0.848. The number of rotatable bonds is 7. The zero-order chi connectivity index (χ0) is 23.3. The summed E-state index contributed by atoms with van der Waals surface area (Å²) in [6.07, 6.45) is 7.21. The Morgan fingerprint density at radius 2 is 1.85 bits per heavy atom. The summed E-state index contributed by atoms with van der Waals surface area (Å²) in [5.74, 6) is -0.614. The number of likely N-dealkylation sites (tertiary alicyclic amines) is 1. The van der Waals surface area contributed by atoms with E-state index in [4.69, 9.17) is 4.74 Å². The van der Waals surface area contributed by atoms with Gasteiger partial charge in [-0.2, -0.15) is 5.10 Å². The molecule has 1 aliphatic carbocycles. The van der Waals surface area contributed by atoms with Crippen LogP contribution in [-0.4, -0.2) is 58.0 Å². The minimum Gasteiger partial charge on any atom is -0.410 e. The second-order valence-electron chi connectivity index (χ2n) is 9.49. The molecule has 3 unspecified atom stereocenters. The molecule has 3 atom stereocenters. The van der Waals surface area contributed by atoms with Crippen LogP contribution in [0, 0.1) is 5.92 Å². The molecule has 8 heteroatoms. The van der Waals surface area contributed by atoms with Crippen molar-refractivity contribution in [2.75, 3.05) is 25.5 Å². The second kappa shape index (κ2) is 9.97. The van der Waals surface area contributed by atoms with Gasteiger partial charge < -0.3 is 15.2 Å². The van der Waals surface area contributed by atoms with E-state index in [9.17, 15) is 14.7 Å². The molecule has 0 spiro atoms. The zero-order valence-corrected chi connectivity index (χ0v) is 19.2. The Morgan fingerprint density at radius 1 is 1.09 bits per heavy atom. The molecule has 2 aromatic rings. The summed E-state index contributed by atoms with van der Waals surface area (Å²) >= 11 is 0. The lowest BCUT2D eigenvalue weighted by molar-refractivity contribution is -0.932. The number of quaternary nitrogens is 1. The molecule has 176 valence electrons. The van der Waals surface area contributed by atoms with Crippen molar-refractivity contribution in [3.63, 3.8) is 0 Å². The molecule has 2 aliphatic rings. The van der Waals surface area contributed by atoms with Crippen LogP contribution in [0.1, 0.15) is 50.5 Å². The molecule has 1 amide bonds. The van der Waals surface area contributed by atoms with E-state index in [0.717, 1.165) is 38.5 Å². The number of hydrogen-bond donors (Lipinski definition) is 2. The standard InChI is InChI=1S/C25H32N4O4/c1-29(18-22(30)27-21-14-8-16-26-28-21)17-9-15-23(29)33-24(31)25(32,19-10-4-2-5-11-19)20-12-6-3-7-13-20/h2,4-5,8,10-11,14,16,20,23,32H,3,6-7,9,12-13,15,17-18H2,1H3/p+1. The fraction of sp³-hybridized carbons (Fsp3) is 0.520. The Labute approximate surface area is 194 Å². The van der Waals surface area contributed by atoms with Crippen molar-refractivity contribution in [2.24, 2.45) is 5.92 Å². The Kier molecular flexibility index (Phi) is 7.05. The van der Waals surface area contributed by atoms with Crippen LogP contribution in [0.3, 0.4) is 0 Å². The molecule has 2 fully saturated rings. The number of aliphatic hydroxyl groups is 1. The molecule has 1 aliphatic heterocycles. The first-order valence-electron chi connectivity index (χ1n) is 11.8. The SMILES string of the molecule is C[N+]1(CC(=O)Nc2cccnn2)CCCC1OC(=O)C(O)(c1ccccc1)C1CCCCC1. The van der Waals surface area contributed by atoms with Crippen LogP contribution >= 0.6 is 0 Å². The van der Waals surface area contributed by atoms with Crippen molar-refractivity contribution in [1.82, 2.24) is 10.2 Å². The van der Waals surface area contributed by atoms with E-state index in [1.807, 2.05) is 25.2 Å². The Hall–Kier alpha value is -2.84. The lowest BCUT2D eigenvalue weighted by Crippen LogP contribution is -2.56. The van der Waals surface area contributed by atoms with Crippen LogP contribution in [0.4, 0.5) is 5.82 Å². The third-order valence-corrected chi connectivity index (χ3v) is 7.12. The molecule has 1 saturated heterocycles. The van der Waals surface area contributed by atoms with Crippen LogP contribution in [0.25, 0.3) is 0 Å². The maximum absolute atomic E-state index is 13.6. The van der Waals surface area contributed by atoms with E-state index in [1.165, 1.54) is 0 Å². The van der Waals surface area contributed by atoms with Gasteiger partial charge in [-0.05, 0) is 30.5 Å². The number of benzene rings is 1. The third-order valence-electron chi connectivity index (χ3n) is 7.12. The van der Waals surface area contributed by atoms with Crippen LogP contribution in [0.5, 0.6) is 0 Å². The molecule has 0 radical (unpaired) electrons. The highest BCUT2D eigenvalue weighted by atomic mass is 16.6. The molecule has 8 nitrogen and oxygen atoms in total. The first kappa shape index (κ1) is 23.3. The van der Waals surface area contributed by atoms with Crippen molar-refractivity contribution in [3.05, 3.63) is 54.2 Å². The minimum atomic E-state index is -1.68. The van der Waals surface area contributed by atoms with Crippen molar-refractivity contribution in [3.8, 4) is 0 Å². The number of anilines is 1. The van der Waals surface area contributed by atoms with Crippen LogP contribution in [-0.2, 0) is 19.9 Å². The van der Waals surface area contributed by atoms with E-state index in [0.29, 0.717) is 24.3 Å². The van der Waals surface area contributed by atoms with Gasteiger partial charge in [0.05, 0.1) is 13.6 Å². The van der Waals surface area contributed by atoms with Gasteiger partial charge in [0.2, 0.25) is 6.23 Å². The number of hydrogen-bond acceptors (Lipinski definition) is 6. The number of amides is 1. The summed E-state index contributed by atoms with van der Waals surface area (Å²) in [7, 11) is 1.92. The predicted octanol–water partition coefficient (Wildman–Crippen LogP) is 2.99. The average Bonchev–Trinajstić information content (AvgIpc) is 3.19. The minimum absolute atomic E-state index is 0.141. The van der Waals surface area contributed by atoms with Gasteiger partial charge in [-0.1, -0.05) is 49.6 Å². The van der Waals surface area contributed by atoms with E-state index < -0.39 is 17.8 Å². The third kappa shape index (κ3) is 5.07. The van der Waals surface area contributed by atoms with Gasteiger partial charge in [0.25, 0.3) is 5.91 Å². The van der Waals surface area contributed by atoms with E-state index in [-0.39, 0.29) is 22.9 Å². The largest absolute Gasteiger partial charge is 0.410 e. The van der Waals surface area contributed by atoms with Gasteiger partial charge in [0, 0.05) is 25.0 Å². The maximum atomic E-state index is 13.6. The number of carbonyl (C=O) groups excluding carboxylic acids is 2. The van der Waals surface area contributed by atoms with Crippen LogP contribution in [0.2, 0.25) is 0 Å². The quantitative estimate of drug-likeness (QED) is 0.494. The van der Waals surface area contributed by atoms with E-state index in [1.54, 1.807) is 30.5 Å². The lowest BCUT2D eigenvalue weighted by Gasteiger charge is -2.39. The molecule has 4 rings (SSSR count). The highest BCUT2D eigenvalue weighted by Crippen LogP contribution is 2.41. The average molecular weight is 454 g/mol. The van der Waals surface area contributed by atoms with Crippen molar-refractivity contribution >= 4 is 17.7 Å². The van der Waals surface area contributed by atoms with E-state index in [2.05, 4.69) is 15.5 Å². The smallest absolute Gasteiger partial charge is 0.347 e. The molecule has 1 aromatic carbocycles. The van der Waals surface area contributed by atoms with Gasteiger partial charge in [-0.25, -0.2) is 4.79 Å². The fourth-order valence-corrected chi connectivity index (χ4v) is 5.27. The molecule has 2 heterocycles. The van der Waals surface area contributed by atoms with Gasteiger partial charge in [-0.15, -0.1) is 5.10 Å². The Morgan fingerprint density at radius 3 is 2.55 bits per heavy atom. The summed E-state index contributed by atoms with van der Waals surface area (Å²) in [6, 6.07) is 12.5. The highest BCUT2D eigenvalue weighted by Gasteiger charge is 2.51. The summed E-state index contributed by atoms with van der Waals surface area (Å²) in [4.78, 5) is 26.3. The lowest BCUT2D eigenvalue weighted by atomic mass is 9.73. The number of nitrogens with zero attached hydrogens (tertiary/aromatic N) is 3. The topological polar surface area (TPSA) is 101 Å². The fourth-order valence-electron chi connectivity index (χ4n) is 5.27. The number of ether oxygens (including phenoxy) is 1. The number of likely N-dealkylation sites (N-methyl/N-ethyl adjacent to an activating group) is 1. The summed E-state index contributed by atoms with van der Waals surface area (Å²) < 4.78 is 6.30. The molecular formula is C25H33N4O4+. The molecule has 1 aromatic heterocycles. The number of aromatic nitrogens is 2. The van der Waals surface area contributed by atoms with E-state index >= 15 is 0 Å². The molecule has 2 N–H and O–H groups in total.